The third kappa shape index (κ3) is 5.01. The van der Waals surface area contributed by atoms with E-state index in [2.05, 4.69) is 10.4 Å². The number of aliphatic carboxylic acids is 1. The van der Waals surface area contributed by atoms with E-state index in [4.69, 9.17) is 0 Å². The van der Waals surface area contributed by atoms with Crippen molar-refractivity contribution in [3.8, 4) is 11.1 Å². The van der Waals surface area contributed by atoms with Gasteiger partial charge in [-0.3, -0.25) is 9.69 Å². The van der Waals surface area contributed by atoms with Crippen LogP contribution in [-0.4, -0.2) is 45.1 Å². The van der Waals surface area contributed by atoms with Crippen molar-refractivity contribution in [1.82, 2.24) is 15.1 Å². The molecule has 0 saturated carbocycles. The van der Waals surface area contributed by atoms with Crippen LogP contribution in [0.15, 0.2) is 65.6 Å². The predicted octanol–water partition coefficient (Wildman–Crippen LogP) is 1.78. The highest BCUT2D eigenvalue weighted by molar-refractivity contribution is 5.94. The average molecular weight is 436 g/mol. The Kier molecular flexibility index (Phi) is 7.01. The maximum Gasteiger partial charge on any atom is 0.326 e. The summed E-state index contributed by atoms with van der Waals surface area (Å²) in [6, 6.07) is 14.0. The maximum absolute atomic E-state index is 12.5. The van der Waals surface area contributed by atoms with Crippen molar-refractivity contribution >= 4 is 17.7 Å². The minimum atomic E-state index is -1.16. The summed E-state index contributed by atoms with van der Waals surface area (Å²) in [4.78, 5) is 38.1. The van der Waals surface area contributed by atoms with E-state index < -0.39 is 18.0 Å². The van der Waals surface area contributed by atoms with Crippen LogP contribution in [-0.2, 0) is 24.9 Å². The lowest BCUT2D eigenvalue weighted by molar-refractivity contribution is -0.139. The summed E-state index contributed by atoms with van der Waals surface area (Å²) in [5.41, 5.74) is 2.28. The van der Waals surface area contributed by atoms with Gasteiger partial charge < -0.3 is 15.5 Å². The summed E-state index contributed by atoms with van der Waals surface area (Å²) in [6.45, 7) is -0.331. The molecule has 3 N–H and O–H groups in total. The number of hydrogen-bond donors (Lipinski definition) is 3. The molecule has 0 saturated heterocycles. The zero-order valence-electron chi connectivity index (χ0n) is 17.7. The zero-order valence-corrected chi connectivity index (χ0v) is 17.7. The van der Waals surface area contributed by atoms with Gasteiger partial charge in [-0.25, -0.2) is 14.3 Å². The van der Waals surface area contributed by atoms with Gasteiger partial charge in [-0.2, -0.15) is 5.10 Å². The number of urea groups is 1. The molecule has 0 aliphatic rings. The standard InChI is InChI=1S/C23H24N4O5/c1-26(18-6-4-3-5-7-18)23(32)25-19(22(30)31)12-15-8-10-16(11-9-15)20-17(14-28)13-24-27(2)21(20)29/h3-11,13,19,28H,12,14H2,1-2H3,(H,25,32)(H,30,31)/t19-/m0/s1. The first-order valence-electron chi connectivity index (χ1n) is 9.89. The zero-order chi connectivity index (χ0) is 23.3. The fourth-order valence-corrected chi connectivity index (χ4v) is 3.26. The molecule has 1 heterocycles. The van der Waals surface area contributed by atoms with Crippen LogP contribution in [0.3, 0.4) is 0 Å². The summed E-state index contributed by atoms with van der Waals surface area (Å²) < 4.78 is 1.18. The van der Waals surface area contributed by atoms with E-state index >= 15 is 0 Å². The summed E-state index contributed by atoms with van der Waals surface area (Å²) in [5, 5.41) is 25.6. The second kappa shape index (κ2) is 9.88. The van der Waals surface area contributed by atoms with Gasteiger partial charge in [0.05, 0.1) is 18.4 Å². The van der Waals surface area contributed by atoms with Crippen molar-refractivity contribution in [3.05, 3.63) is 82.3 Å². The molecule has 0 bridgehead atoms. The number of carboxylic acid groups (broad SMARTS) is 1. The number of anilines is 1. The number of aryl methyl sites for hydroxylation is 1. The van der Waals surface area contributed by atoms with Gasteiger partial charge in [-0.1, -0.05) is 42.5 Å². The Labute approximate surface area is 184 Å². The normalized spacial score (nSPS) is 11.6. The molecule has 9 nitrogen and oxygen atoms in total. The van der Waals surface area contributed by atoms with Crippen LogP contribution in [0.25, 0.3) is 11.1 Å². The van der Waals surface area contributed by atoms with Crippen LogP contribution in [0.4, 0.5) is 10.5 Å². The van der Waals surface area contributed by atoms with Crippen LogP contribution in [0, 0.1) is 0 Å². The van der Waals surface area contributed by atoms with E-state index in [1.807, 2.05) is 6.07 Å². The molecule has 2 aromatic carbocycles. The van der Waals surface area contributed by atoms with Crippen molar-refractivity contribution in [3.63, 3.8) is 0 Å². The summed E-state index contributed by atoms with van der Waals surface area (Å²) in [7, 11) is 3.08. The van der Waals surface area contributed by atoms with Gasteiger partial charge in [0, 0.05) is 31.8 Å². The highest BCUT2D eigenvalue weighted by Gasteiger charge is 2.23. The Balaban J connectivity index is 1.77. The molecule has 3 aromatic rings. The lowest BCUT2D eigenvalue weighted by atomic mass is 9.99. The van der Waals surface area contributed by atoms with Gasteiger partial charge in [-0.05, 0) is 23.3 Å². The van der Waals surface area contributed by atoms with Gasteiger partial charge >= 0.3 is 12.0 Å². The van der Waals surface area contributed by atoms with Crippen LogP contribution < -0.4 is 15.8 Å². The Bertz CT molecular complexity index is 1160. The maximum atomic E-state index is 12.5. The van der Waals surface area contributed by atoms with Crippen LogP contribution >= 0.6 is 0 Å². The van der Waals surface area contributed by atoms with Crippen LogP contribution in [0.2, 0.25) is 0 Å². The summed E-state index contributed by atoms with van der Waals surface area (Å²) in [5.74, 6) is -1.16. The number of nitrogens with one attached hydrogen (secondary N) is 1. The van der Waals surface area contributed by atoms with E-state index in [1.165, 1.54) is 22.8 Å². The van der Waals surface area contributed by atoms with Crippen molar-refractivity contribution < 1.29 is 19.8 Å². The molecular formula is C23H24N4O5. The Hall–Kier alpha value is -3.98. The van der Waals surface area contributed by atoms with Crippen molar-refractivity contribution in [2.75, 3.05) is 11.9 Å². The van der Waals surface area contributed by atoms with E-state index in [9.17, 15) is 24.6 Å². The molecule has 1 aromatic heterocycles. The quantitative estimate of drug-likeness (QED) is 0.519. The van der Waals surface area contributed by atoms with Gasteiger partial charge in [0.25, 0.3) is 5.56 Å². The van der Waals surface area contributed by atoms with Gasteiger partial charge in [0.1, 0.15) is 6.04 Å². The lowest BCUT2D eigenvalue weighted by Crippen LogP contribution is -2.47. The van der Waals surface area contributed by atoms with E-state index in [1.54, 1.807) is 55.6 Å². The molecule has 0 unspecified atom stereocenters. The Morgan fingerprint density at radius 2 is 1.78 bits per heavy atom. The summed E-state index contributed by atoms with van der Waals surface area (Å²) >= 11 is 0. The lowest BCUT2D eigenvalue weighted by Gasteiger charge is -2.21. The molecule has 3 rings (SSSR count). The number of hydrogen-bond acceptors (Lipinski definition) is 5. The molecule has 1 atom stereocenters. The average Bonchev–Trinajstić information content (AvgIpc) is 2.80. The molecule has 166 valence electrons. The number of aromatic nitrogens is 2. The van der Waals surface area contributed by atoms with E-state index in [-0.39, 0.29) is 18.6 Å². The summed E-state index contributed by atoms with van der Waals surface area (Å²) in [6.07, 6.45) is 1.50. The molecule has 2 amide bonds. The number of aliphatic hydroxyl groups is 1. The van der Waals surface area contributed by atoms with Gasteiger partial charge in [-0.15, -0.1) is 0 Å². The van der Waals surface area contributed by atoms with Crippen molar-refractivity contribution in [2.24, 2.45) is 7.05 Å². The molecule has 0 radical (unpaired) electrons. The van der Waals surface area contributed by atoms with E-state index in [0.717, 1.165) is 0 Å². The second-order valence-corrected chi connectivity index (χ2v) is 7.27. The molecule has 32 heavy (non-hydrogen) atoms. The van der Waals surface area contributed by atoms with Gasteiger partial charge in [0.2, 0.25) is 0 Å². The minimum Gasteiger partial charge on any atom is -0.480 e. The Morgan fingerprint density at radius 3 is 2.38 bits per heavy atom. The number of para-hydroxylation sites is 1. The molecular weight excluding hydrogens is 412 g/mol. The fraction of sp³-hybridized carbons (Fsp3) is 0.217. The highest BCUT2D eigenvalue weighted by Crippen LogP contribution is 2.21. The largest absolute Gasteiger partial charge is 0.480 e. The van der Waals surface area contributed by atoms with Crippen LogP contribution in [0.5, 0.6) is 0 Å². The SMILES string of the molecule is CN(C(=O)N[C@@H](Cc1ccc(-c2c(CO)cnn(C)c2=O)cc1)C(=O)O)c1ccccc1. The highest BCUT2D eigenvalue weighted by atomic mass is 16.4. The monoisotopic (exact) mass is 436 g/mol. The number of aliphatic hydroxyl groups excluding tert-OH is 1. The topological polar surface area (TPSA) is 125 Å². The predicted molar refractivity (Wildman–Crippen MR) is 119 cm³/mol. The van der Waals surface area contributed by atoms with Crippen LogP contribution in [0.1, 0.15) is 11.1 Å². The number of benzene rings is 2. The number of nitrogens with zero attached hydrogens (tertiary/aromatic N) is 3. The molecule has 0 aliphatic heterocycles. The number of carboxylic acids is 1. The minimum absolute atomic E-state index is 0.0607. The van der Waals surface area contributed by atoms with Crippen molar-refractivity contribution in [2.45, 2.75) is 19.1 Å². The molecule has 9 heteroatoms. The number of rotatable bonds is 7. The molecule has 0 aliphatic carbocycles. The fourth-order valence-electron chi connectivity index (χ4n) is 3.26. The third-order valence-corrected chi connectivity index (χ3v) is 5.11. The van der Waals surface area contributed by atoms with Gasteiger partial charge in [0.15, 0.2) is 0 Å². The first-order valence-corrected chi connectivity index (χ1v) is 9.89. The third-order valence-electron chi connectivity index (χ3n) is 5.11. The molecule has 0 fully saturated rings. The number of amides is 2. The Morgan fingerprint density at radius 1 is 1.12 bits per heavy atom. The second-order valence-electron chi connectivity index (χ2n) is 7.27. The van der Waals surface area contributed by atoms with Crippen molar-refractivity contribution in [1.29, 1.82) is 0 Å². The van der Waals surface area contributed by atoms with E-state index in [0.29, 0.717) is 27.9 Å². The number of carbonyl (C=O) groups excluding carboxylic acids is 1. The number of carbonyl (C=O) groups is 2. The smallest absolute Gasteiger partial charge is 0.326 e. The first kappa shape index (κ1) is 22.7. The first-order chi connectivity index (χ1) is 15.3. The molecule has 0 spiro atoms.